The normalized spacial score (nSPS) is 12.7. The number of amides is 1. The maximum Gasteiger partial charge on any atom is 0.243 e. The van der Waals surface area contributed by atoms with Crippen LogP contribution >= 0.6 is 11.8 Å². The summed E-state index contributed by atoms with van der Waals surface area (Å²) in [5.41, 5.74) is 7.47. The summed E-state index contributed by atoms with van der Waals surface area (Å²) in [6, 6.07) is 0.135. The molecule has 0 aliphatic rings. The van der Waals surface area contributed by atoms with E-state index in [9.17, 15) is 4.79 Å². The maximum atomic E-state index is 10.5. The molecule has 60 valence electrons. The first kappa shape index (κ1) is 9.74. The fourth-order valence-electron chi connectivity index (χ4n) is 0.379. The van der Waals surface area contributed by atoms with E-state index in [-0.39, 0.29) is 11.9 Å². The zero-order chi connectivity index (χ0) is 7.98. The van der Waals surface area contributed by atoms with E-state index in [2.05, 4.69) is 0 Å². The summed E-state index contributed by atoms with van der Waals surface area (Å²) >= 11 is 1.48. The van der Waals surface area contributed by atoms with Crippen molar-refractivity contribution in [2.24, 2.45) is 11.6 Å². The smallest absolute Gasteiger partial charge is 0.243 e. The van der Waals surface area contributed by atoms with Crippen molar-refractivity contribution in [1.82, 2.24) is 5.43 Å². The minimum Gasteiger partial charge on any atom is -0.327 e. The molecule has 1 atom stereocenters. The van der Waals surface area contributed by atoms with Gasteiger partial charge in [0.2, 0.25) is 5.91 Å². The monoisotopic (exact) mass is 163 g/mol. The molecule has 4 nitrogen and oxygen atoms in total. The molecule has 0 aromatic carbocycles. The van der Waals surface area contributed by atoms with E-state index in [0.717, 1.165) is 5.75 Å². The van der Waals surface area contributed by atoms with Crippen LogP contribution in [0.15, 0.2) is 0 Å². The van der Waals surface area contributed by atoms with Crippen LogP contribution in [0.2, 0.25) is 0 Å². The summed E-state index contributed by atoms with van der Waals surface area (Å²) in [5, 5.41) is 0. The third-order valence-corrected chi connectivity index (χ3v) is 2.00. The second-order valence-corrected chi connectivity index (χ2v) is 3.09. The van der Waals surface area contributed by atoms with Crippen molar-refractivity contribution < 1.29 is 4.79 Å². The lowest BCUT2D eigenvalue weighted by Crippen LogP contribution is -2.32. The average Bonchev–Trinajstić information content (AvgIpc) is 1.87. The molecule has 0 aromatic rings. The minimum atomic E-state index is -0.161. The molecule has 0 spiro atoms. The fourth-order valence-corrected chi connectivity index (χ4v) is 1.14. The highest BCUT2D eigenvalue weighted by Gasteiger charge is 1.99. The van der Waals surface area contributed by atoms with E-state index in [1.165, 1.54) is 11.8 Å². The van der Waals surface area contributed by atoms with E-state index in [1.54, 1.807) is 0 Å². The molecule has 0 saturated heterocycles. The van der Waals surface area contributed by atoms with Gasteiger partial charge in [-0.3, -0.25) is 10.2 Å². The van der Waals surface area contributed by atoms with Crippen molar-refractivity contribution in [3.8, 4) is 0 Å². The van der Waals surface area contributed by atoms with E-state index < -0.39 is 0 Å². The number of rotatable bonds is 4. The van der Waals surface area contributed by atoms with Gasteiger partial charge in [-0.2, -0.15) is 11.8 Å². The van der Waals surface area contributed by atoms with E-state index in [1.807, 2.05) is 12.3 Å². The van der Waals surface area contributed by atoms with Crippen LogP contribution in [0, 0.1) is 0 Å². The third-order valence-electron chi connectivity index (χ3n) is 0.775. The van der Waals surface area contributed by atoms with Crippen molar-refractivity contribution in [2.75, 3.05) is 11.5 Å². The molecule has 5 heteroatoms. The molecule has 0 bridgehead atoms. The predicted molar refractivity (Wildman–Crippen MR) is 43.3 cm³/mol. The molecule has 0 aliphatic carbocycles. The molecule has 1 amide bonds. The quantitative estimate of drug-likeness (QED) is 0.284. The number of carbonyl (C=O) groups excluding carboxylic acids is 1. The molecular formula is C5H13N3OS. The Morgan fingerprint density at radius 2 is 2.40 bits per heavy atom. The topological polar surface area (TPSA) is 81.1 Å². The summed E-state index contributed by atoms with van der Waals surface area (Å²) in [7, 11) is 0. The standard InChI is InChI=1S/C5H13N3OS/c1-4(6)2-10-3-5(9)8-7/h4H,2-3,6-7H2,1H3,(H,8,9). The molecule has 0 aliphatic heterocycles. The van der Waals surface area contributed by atoms with Crippen LogP contribution in [-0.4, -0.2) is 23.5 Å². The first-order chi connectivity index (χ1) is 4.66. The van der Waals surface area contributed by atoms with Crippen LogP contribution in [0.5, 0.6) is 0 Å². The van der Waals surface area contributed by atoms with Crippen LogP contribution in [0.1, 0.15) is 6.92 Å². The lowest BCUT2D eigenvalue weighted by atomic mass is 10.4. The number of nitrogens with two attached hydrogens (primary N) is 2. The number of carbonyl (C=O) groups is 1. The average molecular weight is 163 g/mol. The van der Waals surface area contributed by atoms with Gasteiger partial charge in [-0.1, -0.05) is 0 Å². The summed E-state index contributed by atoms with van der Waals surface area (Å²) in [6.07, 6.45) is 0. The minimum absolute atomic E-state index is 0.135. The van der Waals surface area contributed by atoms with Gasteiger partial charge < -0.3 is 5.73 Å². The second kappa shape index (κ2) is 5.52. The Morgan fingerprint density at radius 3 is 2.80 bits per heavy atom. The van der Waals surface area contributed by atoms with Crippen LogP contribution < -0.4 is 17.0 Å². The van der Waals surface area contributed by atoms with Gasteiger partial charge in [0.1, 0.15) is 0 Å². The molecule has 0 fully saturated rings. The molecule has 10 heavy (non-hydrogen) atoms. The van der Waals surface area contributed by atoms with Crippen molar-refractivity contribution in [2.45, 2.75) is 13.0 Å². The molecule has 0 heterocycles. The SMILES string of the molecule is CC(N)CSCC(=O)NN. The maximum absolute atomic E-state index is 10.5. The molecule has 0 radical (unpaired) electrons. The van der Waals surface area contributed by atoms with Crippen molar-refractivity contribution in [1.29, 1.82) is 0 Å². The Hall–Kier alpha value is -0.260. The Morgan fingerprint density at radius 1 is 1.80 bits per heavy atom. The molecule has 0 aromatic heterocycles. The van der Waals surface area contributed by atoms with Crippen molar-refractivity contribution >= 4 is 17.7 Å². The highest BCUT2D eigenvalue weighted by Crippen LogP contribution is 1.99. The van der Waals surface area contributed by atoms with Gasteiger partial charge in [-0.25, -0.2) is 5.84 Å². The molecule has 0 saturated carbocycles. The van der Waals surface area contributed by atoms with E-state index in [0.29, 0.717) is 5.75 Å². The summed E-state index contributed by atoms with van der Waals surface area (Å²) < 4.78 is 0. The largest absolute Gasteiger partial charge is 0.327 e. The van der Waals surface area contributed by atoms with Crippen LogP contribution in [-0.2, 0) is 4.79 Å². The van der Waals surface area contributed by atoms with Crippen LogP contribution in [0.3, 0.4) is 0 Å². The lowest BCUT2D eigenvalue weighted by molar-refractivity contribution is -0.118. The van der Waals surface area contributed by atoms with Gasteiger partial charge in [0.25, 0.3) is 0 Å². The Balaban J connectivity index is 3.12. The van der Waals surface area contributed by atoms with Gasteiger partial charge in [-0.15, -0.1) is 0 Å². The van der Waals surface area contributed by atoms with Crippen LogP contribution in [0.25, 0.3) is 0 Å². The second-order valence-electron chi connectivity index (χ2n) is 2.06. The zero-order valence-electron chi connectivity index (χ0n) is 5.96. The number of hydrogen-bond donors (Lipinski definition) is 3. The first-order valence-corrected chi connectivity index (χ1v) is 4.15. The van der Waals surface area contributed by atoms with E-state index in [4.69, 9.17) is 11.6 Å². The van der Waals surface area contributed by atoms with Crippen molar-refractivity contribution in [3.63, 3.8) is 0 Å². The summed E-state index contributed by atoms with van der Waals surface area (Å²) in [5.74, 6) is 5.86. The highest BCUT2D eigenvalue weighted by molar-refractivity contribution is 7.99. The van der Waals surface area contributed by atoms with E-state index >= 15 is 0 Å². The van der Waals surface area contributed by atoms with Gasteiger partial charge in [0.15, 0.2) is 0 Å². The Labute approximate surface area is 64.7 Å². The Kier molecular flexibility index (Phi) is 5.38. The molecule has 5 N–H and O–H groups in total. The highest BCUT2D eigenvalue weighted by atomic mass is 32.2. The van der Waals surface area contributed by atoms with Gasteiger partial charge in [0, 0.05) is 11.8 Å². The zero-order valence-corrected chi connectivity index (χ0v) is 6.78. The summed E-state index contributed by atoms with van der Waals surface area (Å²) in [4.78, 5) is 10.5. The third kappa shape index (κ3) is 5.87. The van der Waals surface area contributed by atoms with Gasteiger partial charge in [0.05, 0.1) is 5.75 Å². The number of nitrogens with one attached hydrogen (secondary N) is 1. The molecule has 1 unspecified atom stereocenters. The first-order valence-electron chi connectivity index (χ1n) is 2.99. The fraction of sp³-hybridized carbons (Fsp3) is 0.800. The molecule has 0 rings (SSSR count). The predicted octanol–water partition coefficient (Wildman–Crippen LogP) is -0.943. The lowest BCUT2D eigenvalue weighted by Gasteiger charge is -2.02. The van der Waals surface area contributed by atoms with Gasteiger partial charge >= 0.3 is 0 Å². The van der Waals surface area contributed by atoms with Crippen LogP contribution in [0.4, 0.5) is 0 Å². The van der Waals surface area contributed by atoms with Crippen molar-refractivity contribution in [3.05, 3.63) is 0 Å². The number of thioether (sulfide) groups is 1. The number of hydrazine groups is 1. The Bertz CT molecular complexity index is 107. The molecular weight excluding hydrogens is 150 g/mol. The summed E-state index contributed by atoms with van der Waals surface area (Å²) in [6.45, 7) is 1.90. The van der Waals surface area contributed by atoms with Gasteiger partial charge in [-0.05, 0) is 6.92 Å². The number of hydrogen-bond acceptors (Lipinski definition) is 4.